The molecule has 1 heterocycles. The fourth-order valence-electron chi connectivity index (χ4n) is 1.80. The van der Waals surface area contributed by atoms with E-state index in [0.717, 1.165) is 6.08 Å². The van der Waals surface area contributed by atoms with Crippen molar-refractivity contribution < 1.29 is 24.1 Å². The summed E-state index contributed by atoms with van der Waals surface area (Å²) in [4.78, 5) is 11.0. The van der Waals surface area contributed by atoms with E-state index in [4.69, 9.17) is 4.74 Å². The monoisotopic (exact) mass is 252 g/mol. The fourth-order valence-corrected chi connectivity index (χ4v) is 1.80. The summed E-state index contributed by atoms with van der Waals surface area (Å²) in [5, 5.41) is 19.4. The lowest BCUT2D eigenvalue weighted by atomic mass is 9.97. The lowest BCUT2D eigenvalue weighted by Crippen LogP contribution is -2.44. The summed E-state index contributed by atoms with van der Waals surface area (Å²) in [5.41, 5.74) is 0.266. The molecule has 4 atom stereocenters. The van der Waals surface area contributed by atoms with Crippen LogP contribution >= 0.6 is 0 Å². The Morgan fingerprint density at radius 3 is 2.61 bits per heavy atom. The highest BCUT2D eigenvalue weighted by Crippen LogP contribution is 2.27. The van der Waals surface area contributed by atoms with Gasteiger partial charge in [0.15, 0.2) is 12.3 Å². The number of aliphatic hydroxyl groups excluding tert-OH is 2. The summed E-state index contributed by atoms with van der Waals surface area (Å²) >= 11 is 0. The molecule has 1 aromatic rings. The number of hydrogen-bond donors (Lipinski definition) is 2. The Morgan fingerprint density at radius 2 is 1.94 bits per heavy atom. The lowest BCUT2D eigenvalue weighted by Gasteiger charge is -2.29. The average Bonchev–Trinajstić information content (AvgIpc) is 2.41. The molecule has 0 spiro atoms. The van der Waals surface area contributed by atoms with Gasteiger partial charge in [-0.25, -0.2) is 9.18 Å². The fraction of sp³-hybridized carbons (Fsp3) is 0.308. The molecule has 1 unspecified atom stereocenters. The highest BCUT2D eigenvalue weighted by atomic mass is 19.1. The van der Waals surface area contributed by atoms with Crippen molar-refractivity contribution in [1.82, 2.24) is 0 Å². The highest BCUT2D eigenvalue weighted by Gasteiger charge is 2.37. The quantitative estimate of drug-likeness (QED) is 0.784. The molecule has 4 nitrogen and oxygen atoms in total. The maximum absolute atomic E-state index is 14.0. The number of halogens is 1. The number of rotatable bonds is 3. The van der Waals surface area contributed by atoms with Crippen molar-refractivity contribution in [2.45, 2.75) is 24.5 Å². The lowest BCUT2D eigenvalue weighted by molar-refractivity contribution is -0.163. The van der Waals surface area contributed by atoms with Gasteiger partial charge in [0.1, 0.15) is 12.2 Å². The minimum atomic E-state index is -1.73. The first-order valence-corrected chi connectivity index (χ1v) is 5.53. The number of carbonyl (C=O) groups excluding carboxylic acids is 1. The molecule has 0 aliphatic carbocycles. The first-order valence-electron chi connectivity index (χ1n) is 5.53. The van der Waals surface area contributed by atoms with E-state index in [9.17, 15) is 19.4 Å². The van der Waals surface area contributed by atoms with Gasteiger partial charge >= 0.3 is 5.97 Å². The second kappa shape index (κ2) is 5.29. The Bertz CT molecular complexity index is 446. The first-order chi connectivity index (χ1) is 8.59. The summed E-state index contributed by atoms with van der Waals surface area (Å²) in [6.45, 7) is 0. The average molecular weight is 252 g/mol. The second-order valence-corrected chi connectivity index (χ2v) is 4.05. The molecule has 0 saturated carbocycles. The number of ether oxygens (including phenoxy) is 1. The summed E-state index contributed by atoms with van der Waals surface area (Å²) in [7, 11) is 0. The van der Waals surface area contributed by atoms with Crippen LogP contribution in [0.3, 0.4) is 0 Å². The minimum absolute atomic E-state index is 0.266. The van der Waals surface area contributed by atoms with Crippen molar-refractivity contribution >= 4 is 5.97 Å². The zero-order valence-corrected chi connectivity index (χ0v) is 9.44. The Balaban J connectivity index is 2.14. The molecule has 1 aliphatic rings. The Morgan fingerprint density at radius 1 is 1.28 bits per heavy atom. The molecule has 18 heavy (non-hydrogen) atoms. The normalized spacial score (nSPS) is 26.5. The number of esters is 1. The summed E-state index contributed by atoms with van der Waals surface area (Å²) in [6, 6.07) is 8.03. The minimum Gasteiger partial charge on any atom is -0.453 e. The smallest absolute Gasteiger partial charge is 0.330 e. The van der Waals surface area contributed by atoms with E-state index >= 15 is 0 Å². The van der Waals surface area contributed by atoms with Crippen LogP contribution in [0.15, 0.2) is 42.5 Å². The Hall–Kier alpha value is -1.72. The van der Waals surface area contributed by atoms with Crippen LogP contribution in [-0.4, -0.2) is 34.5 Å². The predicted molar refractivity (Wildman–Crippen MR) is 61.3 cm³/mol. The van der Waals surface area contributed by atoms with Gasteiger partial charge in [-0.1, -0.05) is 30.3 Å². The van der Waals surface area contributed by atoms with E-state index in [2.05, 4.69) is 0 Å². The Labute approximate surface area is 103 Å². The maximum atomic E-state index is 14.0. The van der Waals surface area contributed by atoms with Crippen molar-refractivity contribution in [2.75, 3.05) is 0 Å². The van der Waals surface area contributed by atoms with Gasteiger partial charge in [0.05, 0.1) is 0 Å². The van der Waals surface area contributed by atoms with Crippen LogP contribution in [0.2, 0.25) is 0 Å². The van der Waals surface area contributed by atoms with Crippen molar-refractivity contribution in [1.29, 1.82) is 0 Å². The van der Waals surface area contributed by atoms with E-state index in [1.165, 1.54) is 18.2 Å². The van der Waals surface area contributed by atoms with Crippen molar-refractivity contribution in [3.05, 3.63) is 48.0 Å². The molecule has 0 saturated heterocycles. The Kier molecular flexibility index (Phi) is 3.74. The van der Waals surface area contributed by atoms with Crippen LogP contribution in [0.4, 0.5) is 4.39 Å². The third-order valence-electron chi connectivity index (χ3n) is 2.77. The van der Waals surface area contributed by atoms with Gasteiger partial charge in [0.2, 0.25) is 0 Å². The number of cyclic esters (lactones) is 1. The molecule has 0 aromatic heterocycles. The van der Waals surface area contributed by atoms with Crippen molar-refractivity contribution in [3.63, 3.8) is 0 Å². The summed E-state index contributed by atoms with van der Waals surface area (Å²) < 4.78 is 18.8. The highest BCUT2D eigenvalue weighted by molar-refractivity contribution is 5.83. The molecular formula is C13H13FO4. The van der Waals surface area contributed by atoms with E-state index in [1.807, 2.05) is 0 Å². The van der Waals surface area contributed by atoms with Gasteiger partial charge in [0, 0.05) is 6.08 Å². The largest absolute Gasteiger partial charge is 0.453 e. The maximum Gasteiger partial charge on any atom is 0.330 e. The SMILES string of the molecule is O=C1C=C[C@H](O)[C@H](C(O)[C@H](F)c2ccccc2)O1. The van der Waals surface area contributed by atoms with Crippen LogP contribution in [0.5, 0.6) is 0 Å². The van der Waals surface area contributed by atoms with Crippen molar-refractivity contribution in [2.24, 2.45) is 0 Å². The van der Waals surface area contributed by atoms with E-state index in [1.54, 1.807) is 18.2 Å². The van der Waals surface area contributed by atoms with E-state index < -0.39 is 30.5 Å². The van der Waals surface area contributed by atoms with Gasteiger partial charge in [-0.2, -0.15) is 0 Å². The molecule has 0 radical (unpaired) electrons. The van der Waals surface area contributed by atoms with Crippen LogP contribution in [0, 0.1) is 0 Å². The van der Waals surface area contributed by atoms with Crippen LogP contribution in [-0.2, 0) is 9.53 Å². The van der Waals surface area contributed by atoms with Crippen molar-refractivity contribution in [3.8, 4) is 0 Å². The molecule has 2 rings (SSSR count). The number of hydrogen-bond acceptors (Lipinski definition) is 4. The predicted octanol–water partition coefficient (Wildman–Crippen LogP) is 0.901. The number of aliphatic hydroxyl groups is 2. The molecule has 0 fully saturated rings. The van der Waals surface area contributed by atoms with Gasteiger partial charge in [-0.15, -0.1) is 0 Å². The van der Waals surface area contributed by atoms with E-state index in [0.29, 0.717) is 0 Å². The summed E-state index contributed by atoms with van der Waals surface area (Å²) in [5.74, 6) is -0.704. The number of alkyl halides is 1. The van der Waals surface area contributed by atoms with Gasteiger partial charge in [-0.3, -0.25) is 0 Å². The summed E-state index contributed by atoms with van der Waals surface area (Å²) in [6.07, 6.45) is -3.63. The van der Waals surface area contributed by atoms with E-state index in [-0.39, 0.29) is 5.56 Å². The molecule has 0 amide bonds. The van der Waals surface area contributed by atoms with Gasteiger partial charge in [0.25, 0.3) is 0 Å². The van der Waals surface area contributed by atoms with Gasteiger partial charge in [-0.05, 0) is 11.6 Å². The number of carbonyl (C=O) groups is 1. The molecule has 1 aromatic carbocycles. The van der Waals surface area contributed by atoms with Gasteiger partial charge < -0.3 is 14.9 Å². The molecule has 0 bridgehead atoms. The standard InChI is InChI=1S/C13H13FO4/c14-11(8-4-2-1-3-5-8)12(17)13-9(15)6-7-10(16)18-13/h1-7,9,11-13,15,17H/t9-,11+,12?,13+/m0/s1. The molecule has 96 valence electrons. The number of benzene rings is 1. The first kappa shape index (κ1) is 12.7. The zero-order chi connectivity index (χ0) is 13.1. The molecular weight excluding hydrogens is 239 g/mol. The third-order valence-corrected chi connectivity index (χ3v) is 2.77. The van der Waals surface area contributed by atoms with Crippen LogP contribution in [0.1, 0.15) is 11.7 Å². The zero-order valence-electron chi connectivity index (χ0n) is 9.44. The topological polar surface area (TPSA) is 66.8 Å². The van der Waals surface area contributed by atoms with Crippen LogP contribution in [0.25, 0.3) is 0 Å². The second-order valence-electron chi connectivity index (χ2n) is 4.05. The molecule has 5 heteroatoms. The third kappa shape index (κ3) is 2.57. The van der Waals surface area contributed by atoms with Crippen LogP contribution < -0.4 is 0 Å². The molecule has 2 N–H and O–H groups in total. The molecule has 1 aliphatic heterocycles.